The van der Waals surface area contributed by atoms with Gasteiger partial charge in [0.2, 0.25) is 0 Å². The maximum absolute atomic E-state index is 11.4. The second kappa shape index (κ2) is 5.21. The first kappa shape index (κ1) is 12.0. The summed E-state index contributed by atoms with van der Waals surface area (Å²) in [5.74, 6) is 0.810. The molecule has 0 saturated heterocycles. The molecule has 1 aliphatic rings. The molecule has 2 N–H and O–H groups in total. The van der Waals surface area contributed by atoms with Crippen molar-refractivity contribution in [3.05, 3.63) is 29.8 Å². The number of hydrogen-bond donors (Lipinski definition) is 2. The van der Waals surface area contributed by atoms with Crippen LogP contribution in [0.5, 0.6) is 0 Å². The third-order valence-corrected chi connectivity index (χ3v) is 3.36. The predicted octanol–water partition coefficient (Wildman–Crippen LogP) is 2.65. The summed E-state index contributed by atoms with van der Waals surface area (Å²) in [5.41, 5.74) is 1.81. The molecule has 1 atom stereocenters. The van der Waals surface area contributed by atoms with Crippen LogP contribution in [0.3, 0.4) is 0 Å². The minimum atomic E-state index is -0.0363. The zero-order valence-electron chi connectivity index (χ0n) is 10.5. The van der Waals surface area contributed by atoms with Gasteiger partial charge in [0.25, 0.3) is 5.91 Å². The lowest BCUT2D eigenvalue weighted by atomic mass is 10.1. The molecule has 0 heterocycles. The van der Waals surface area contributed by atoms with E-state index in [1.807, 2.05) is 24.3 Å². The van der Waals surface area contributed by atoms with E-state index in [-0.39, 0.29) is 5.91 Å². The third-order valence-electron chi connectivity index (χ3n) is 3.36. The summed E-state index contributed by atoms with van der Waals surface area (Å²) in [6.45, 7) is 2.22. The average molecular weight is 232 g/mol. The van der Waals surface area contributed by atoms with Gasteiger partial charge >= 0.3 is 0 Å². The molecule has 0 aromatic heterocycles. The molecule has 1 aromatic rings. The van der Waals surface area contributed by atoms with E-state index >= 15 is 0 Å². The minimum Gasteiger partial charge on any atom is -0.382 e. The Morgan fingerprint density at radius 3 is 2.47 bits per heavy atom. The predicted molar refractivity (Wildman–Crippen MR) is 70.3 cm³/mol. The fourth-order valence-corrected chi connectivity index (χ4v) is 2.13. The van der Waals surface area contributed by atoms with Crippen molar-refractivity contribution < 1.29 is 4.79 Å². The monoisotopic (exact) mass is 232 g/mol. The molecule has 3 heteroatoms. The largest absolute Gasteiger partial charge is 0.382 e. The zero-order chi connectivity index (χ0) is 12.3. The highest BCUT2D eigenvalue weighted by Gasteiger charge is 2.29. The fraction of sp³-hybridized carbons (Fsp3) is 0.500. The fourth-order valence-electron chi connectivity index (χ4n) is 2.13. The Hall–Kier alpha value is -1.51. The van der Waals surface area contributed by atoms with Crippen molar-refractivity contribution >= 4 is 11.6 Å². The van der Waals surface area contributed by atoms with Crippen LogP contribution < -0.4 is 10.6 Å². The summed E-state index contributed by atoms with van der Waals surface area (Å²) >= 11 is 0. The van der Waals surface area contributed by atoms with E-state index in [9.17, 15) is 4.79 Å². The van der Waals surface area contributed by atoms with Gasteiger partial charge < -0.3 is 10.6 Å². The number of hydrogen-bond acceptors (Lipinski definition) is 2. The first-order valence-corrected chi connectivity index (χ1v) is 6.33. The minimum absolute atomic E-state index is 0.0363. The van der Waals surface area contributed by atoms with Crippen LogP contribution in [0.25, 0.3) is 0 Å². The number of amides is 1. The summed E-state index contributed by atoms with van der Waals surface area (Å²) in [7, 11) is 1.65. The topological polar surface area (TPSA) is 41.1 Å². The molecule has 17 heavy (non-hydrogen) atoms. The molecular weight excluding hydrogens is 212 g/mol. The first-order valence-electron chi connectivity index (χ1n) is 6.33. The zero-order valence-corrected chi connectivity index (χ0v) is 10.5. The molecule has 0 radical (unpaired) electrons. The van der Waals surface area contributed by atoms with Crippen LogP contribution in [0, 0.1) is 5.92 Å². The third kappa shape index (κ3) is 2.99. The SMILES string of the molecule is CCC(Nc1ccc(C(=O)NC)cc1)C1CC1. The van der Waals surface area contributed by atoms with Gasteiger partial charge in [-0.2, -0.15) is 0 Å². The summed E-state index contributed by atoms with van der Waals surface area (Å²) in [4.78, 5) is 11.4. The second-order valence-electron chi connectivity index (χ2n) is 4.65. The Bertz CT molecular complexity index is 382. The molecular formula is C14H20N2O. The van der Waals surface area contributed by atoms with E-state index in [1.165, 1.54) is 12.8 Å². The van der Waals surface area contributed by atoms with Crippen molar-refractivity contribution in [2.45, 2.75) is 32.2 Å². The Morgan fingerprint density at radius 2 is 2.00 bits per heavy atom. The van der Waals surface area contributed by atoms with Crippen molar-refractivity contribution in [3.8, 4) is 0 Å². The summed E-state index contributed by atoms with van der Waals surface area (Å²) < 4.78 is 0. The summed E-state index contributed by atoms with van der Waals surface area (Å²) in [6.07, 6.45) is 3.85. The Balaban J connectivity index is 1.99. The van der Waals surface area contributed by atoms with Gasteiger partial charge in [-0.3, -0.25) is 4.79 Å². The van der Waals surface area contributed by atoms with E-state index in [0.29, 0.717) is 11.6 Å². The van der Waals surface area contributed by atoms with Crippen LogP contribution in [0.1, 0.15) is 36.5 Å². The lowest BCUT2D eigenvalue weighted by molar-refractivity contribution is 0.0963. The Labute approximate surface area is 103 Å². The van der Waals surface area contributed by atoms with Gasteiger partial charge in [-0.25, -0.2) is 0 Å². The van der Waals surface area contributed by atoms with E-state index in [2.05, 4.69) is 17.6 Å². The van der Waals surface area contributed by atoms with Crippen molar-refractivity contribution in [1.82, 2.24) is 5.32 Å². The van der Waals surface area contributed by atoms with Crippen molar-refractivity contribution in [1.29, 1.82) is 0 Å². The second-order valence-corrected chi connectivity index (χ2v) is 4.65. The molecule has 1 aliphatic carbocycles. The average Bonchev–Trinajstić information content (AvgIpc) is 3.20. The van der Waals surface area contributed by atoms with E-state index in [0.717, 1.165) is 18.0 Å². The van der Waals surface area contributed by atoms with Crippen LogP contribution in [0.4, 0.5) is 5.69 Å². The lowest BCUT2D eigenvalue weighted by Crippen LogP contribution is -2.21. The lowest BCUT2D eigenvalue weighted by Gasteiger charge is -2.17. The van der Waals surface area contributed by atoms with Gasteiger partial charge in [0.15, 0.2) is 0 Å². The number of anilines is 1. The molecule has 1 saturated carbocycles. The van der Waals surface area contributed by atoms with Gasteiger partial charge in [-0.05, 0) is 49.4 Å². The van der Waals surface area contributed by atoms with Crippen LogP contribution in [-0.2, 0) is 0 Å². The highest BCUT2D eigenvalue weighted by atomic mass is 16.1. The normalized spacial score (nSPS) is 16.4. The van der Waals surface area contributed by atoms with Crippen molar-refractivity contribution in [3.63, 3.8) is 0 Å². The van der Waals surface area contributed by atoms with Gasteiger partial charge in [0, 0.05) is 24.3 Å². The maximum Gasteiger partial charge on any atom is 0.251 e. The van der Waals surface area contributed by atoms with Crippen LogP contribution in [0.15, 0.2) is 24.3 Å². The smallest absolute Gasteiger partial charge is 0.251 e. The molecule has 1 amide bonds. The maximum atomic E-state index is 11.4. The summed E-state index contributed by atoms with van der Waals surface area (Å²) in [5, 5.41) is 6.16. The molecule has 1 fully saturated rings. The molecule has 0 aliphatic heterocycles. The highest BCUT2D eigenvalue weighted by Crippen LogP contribution is 2.35. The number of rotatable bonds is 5. The van der Waals surface area contributed by atoms with Gasteiger partial charge in [0.05, 0.1) is 0 Å². The van der Waals surface area contributed by atoms with Crippen LogP contribution in [-0.4, -0.2) is 19.0 Å². The van der Waals surface area contributed by atoms with Crippen molar-refractivity contribution in [2.75, 3.05) is 12.4 Å². The molecule has 0 bridgehead atoms. The highest BCUT2D eigenvalue weighted by molar-refractivity contribution is 5.94. The van der Waals surface area contributed by atoms with Crippen molar-refractivity contribution in [2.24, 2.45) is 5.92 Å². The molecule has 3 nitrogen and oxygen atoms in total. The van der Waals surface area contributed by atoms with Gasteiger partial charge in [-0.15, -0.1) is 0 Å². The Morgan fingerprint density at radius 1 is 1.35 bits per heavy atom. The quantitative estimate of drug-likeness (QED) is 0.819. The molecule has 1 unspecified atom stereocenters. The molecule has 0 spiro atoms. The van der Waals surface area contributed by atoms with Gasteiger partial charge in [0.1, 0.15) is 0 Å². The van der Waals surface area contributed by atoms with E-state index in [4.69, 9.17) is 0 Å². The summed E-state index contributed by atoms with van der Waals surface area (Å²) in [6, 6.07) is 8.27. The van der Waals surface area contributed by atoms with Crippen LogP contribution in [0.2, 0.25) is 0 Å². The first-order chi connectivity index (χ1) is 8.24. The van der Waals surface area contributed by atoms with E-state index in [1.54, 1.807) is 7.05 Å². The van der Waals surface area contributed by atoms with Gasteiger partial charge in [-0.1, -0.05) is 6.92 Å². The number of benzene rings is 1. The number of carbonyl (C=O) groups excluding carboxylic acids is 1. The molecule has 2 rings (SSSR count). The molecule has 1 aromatic carbocycles. The number of carbonyl (C=O) groups is 1. The van der Waals surface area contributed by atoms with Crippen LogP contribution >= 0.6 is 0 Å². The van der Waals surface area contributed by atoms with E-state index < -0.39 is 0 Å². The molecule has 92 valence electrons. The number of nitrogens with one attached hydrogen (secondary N) is 2. The standard InChI is InChI=1S/C14H20N2O/c1-3-13(10-4-5-10)16-12-8-6-11(7-9-12)14(17)15-2/h6-10,13,16H,3-5H2,1-2H3,(H,15,17). The Kier molecular flexibility index (Phi) is 3.67.